The molecule has 1 aromatic carbocycles. The minimum atomic E-state index is -4.72. The lowest BCUT2D eigenvalue weighted by atomic mass is 9.91. The van der Waals surface area contributed by atoms with Crippen molar-refractivity contribution in [3.05, 3.63) is 76.4 Å². The lowest BCUT2D eigenvalue weighted by molar-refractivity contribution is -0.141. The van der Waals surface area contributed by atoms with Crippen LogP contribution in [0.2, 0.25) is 0 Å². The van der Waals surface area contributed by atoms with Gasteiger partial charge in [0, 0.05) is 80.8 Å². The summed E-state index contributed by atoms with van der Waals surface area (Å²) >= 11 is 0. The highest BCUT2D eigenvalue weighted by atomic mass is 19.4. The van der Waals surface area contributed by atoms with E-state index in [4.69, 9.17) is 14.5 Å². The summed E-state index contributed by atoms with van der Waals surface area (Å²) in [4.78, 5) is 43.6. The lowest BCUT2D eigenvalue weighted by Gasteiger charge is -2.34. The minimum Gasteiger partial charge on any atom is -0.487 e. The second-order valence-electron chi connectivity index (χ2n) is 12.1. The van der Waals surface area contributed by atoms with Gasteiger partial charge in [0.1, 0.15) is 18.2 Å². The van der Waals surface area contributed by atoms with E-state index in [1.54, 1.807) is 41.6 Å². The van der Waals surface area contributed by atoms with E-state index in [9.17, 15) is 22.8 Å². The Morgan fingerprint density at radius 3 is 2.51 bits per heavy atom. The number of rotatable bonds is 8. The van der Waals surface area contributed by atoms with Crippen LogP contribution in [0.4, 0.5) is 23.9 Å². The molecule has 0 saturated carbocycles. The van der Waals surface area contributed by atoms with Crippen LogP contribution >= 0.6 is 0 Å². The molecular weight excluding hydrogens is 641 g/mol. The molecule has 2 aliphatic rings. The number of aromatic nitrogens is 6. The number of aryl methyl sites for hydroxylation is 3. The van der Waals surface area contributed by atoms with Gasteiger partial charge in [-0.05, 0) is 50.1 Å². The molecule has 0 atom stereocenters. The molecule has 15 heteroatoms. The van der Waals surface area contributed by atoms with Gasteiger partial charge in [-0.2, -0.15) is 18.3 Å². The zero-order chi connectivity index (χ0) is 34.9. The Kier molecular flexibility index (Phi) is 9.43. The van der Waals surface area contributed by atoms with E-state index >= 15 is 0 Å². The van der Waals surface area contributed by atoms with Gasteiger partial charge in [0.05, 0.1) is 17.9 Å². The highest BCUT2D eigenvalue weighted by molar-refractivity contribution is 6.15. The normalized spacial score (nSPS) is 15.8. The summed E-state index contributed by atoms with van der Waals surface area (Å²) in [6.07, 6.45) is 3.01. The molecule has 0 N–H and O–H groups in total. The summed E-state index contributed by atoms with van der Waals surface area (Å²) in [5, 5.41) is 3.68. The number of carbonyl (C=O) groups excluding carboxylic acids is 2. The molecule has 3 aromatic heterocycles. The van der Waals surface area contributed by atoms with Crippen LogP contribution in [-0.4, -0.2) is 85.5 Å². The maximum absolute atomic E-state index is 14.1. The molecule has 258 valence electrons. The zero-order valence-corrected chi connectivity index (χ0v) is 27.8. The van der Waals surface area contributed by atoms with Gasteiger partial charge in [0.25, 0.3) is 0 Å². The molecule has 0 spiro atoms. The Morgan fingerprint density at radius 1 is 1.06 bits per heavy atom. The SMILES string of the molecule is CCCCOC(=O)N1CCN(c2nc(C)cc(/C=C3\COc4c(cc(Cn5ccnc5C)cc4-c4cn(C)nc4C(F)(F)F)C3=O)n2)CC1. The quantitative estimate of drug-likeness (QED) is 0.176. The van der Waals surface area contributed by atoms with Crippen LogP contribution < -0.4 is 9.64 Å². The molecule has 0 aliphatic carbocycles. The van der Waals surface area contributed by atoms with Gasteiger partial charge in [-0.3, -0.25) is 9.48 Å². The van der Waals surface area contributed by atoms with Crippen molar-refractivity contribution >= 4 is 23.9 Å². The van der Waals surface area contributed by atoms with Gasteiger partial charge >= 0.3 is 12.3 Å². The van der Waals surface area contributed by atoms with Crippen LogP contribution in [0, 0.1) is 13.8 Å². The number of hydrogen-bond donors (Lipinski definition) is 0. The van der Waals surface area contributed by atoms with Gasteiger partial charge in [-0.1, -0.05) is 13.3 Å². The van der Waals surface area contributed by atoms with Gasteiger partial charge in [0.2, 0.25) is 5.95 Å². The van der Waals surface area contributed by atoms with Crippen molar-refractivity contribution in [1.29, 1.82) is 0 Å². The first-order valence-corrected chi connectivity index (χ1v) is 16.1. The molecule has 6 rings (SSSR count). The standard InChI is InChI=1S/C34H37F3N8O4/c1-5-6-13-48-33(47)44-11-9-43(10-12-44)32-39-21(2)14-25(40-32)17-24-20-49-30-26(28-19-42(4)41-31(28)34(35,36)37)15-23(16-27(30)29(24)46)18-45-8-7-38-22(45)3/h7-8,14-17,19H,5-6,9-13,18,20H2,1-4H3/b24-17+. The minimum absolute atomic E-state index is 0.0670. The van der Waals surface area contributed by atoms with Crippen LogP contribution in [0.1, 0.15) is 58.6 Å². The van der Waals surface area contributed by atoms with E-state index < -0.39 is 11.9 Å². The van der Waals surface area contributed by atoms with Gasteiger partial charge < -0.3 is 23.8 Å². The number of ether oxygens (including phenoxy) is 2. The van der Waals surface area contributed by atoms with Crippen LogP contribution in [0.25, 0.3) is 17.2 Å². The number of Topliss-reactive ketones (excluding diaryl/α,β-unsaturated/α-hetero) is 1. The summed E-state index contributed by atoms with van der Waals surface area (Å²) in [5.41, 5.74) is 1.08. The largest absolute Gasteiger partial charge is 0.487 e. The fraction of sp³-hybridized carbons (Fsp3) is 0.412. The van der Waals surface area contributed by atoms with Crippen molar-refractivity contribution in [3.63, 3.8) is 0 Å². The topological polar surface area (TPSA) is 121 Å². The maximum Gasteiger partial charge on any atom is 0.435 e. The Bertz CT molecular complexity index is 1910. The molecule has 0 unspecified atom stereocenters. The first-order valence-electron chi connectivity index (χ1n) is 16.1. The predicted octanol–water partition coefficient (Wildman–Crippen LogP) is 5.47. The van der Waals surface area contributed by atoms with Crippen molar-refractivity contribution in [2.24, 2.45) is 7.05 Å². The number of piperazine rings is 1. The number of alkyl halides is 3. The third-order valence-electron chi connectivity index (χ3n) is 8.45. The van der Waals surface area contributed by atoms with E-state index in [0.717, 1.165) is 17.5 Å². The lowest BCUT2D eigenvalue weighted by Crippen LogP contribution is -2.49. The predicted molar refractivity (Wildman–Crippen MR) is 174 cm³/mol. The molecule has 1 saturated heterocycles. The number of carbonyl (C=O) groups is 2. The molecule has 5 heterocycles. The van der Waals surface area contributed by atoms with Crippen molar-refractivity contribution in [2.45, 2.75) is 46.3 Å². The van der Waals surface area contributed by atoms with Crippen molar-refractivity contribution in [3.8, 4) is 16.9 Å². The monoisotopic (exact) mass is 678 g/mol. The van der Waals surface area contributed by atoms with Crippen LogP contribution in [0.5, 0.6) is 5.75 Å². The van der Waals surface area contributed by atoms with E-state index in [2.05, 4.69) is 15.1 Å². The number of imidazole rings is 1. The smallest absolute Gasteiger partial charge is 0.435 e. The van der Waals surface area contributed by atoms with E-state index in [-0.39, 0.29) is 47.5 Å². The van der Waals surface area contributed by atoms with E-state index in [0.29, 0.717) is 67.1 Å². The fourth-order valence-electron chi connectivity index (χ4n) is 5.92. The summed E-state index contributed by atoms with van der Waals surface area (Å²) in [7, 11) is 1.41. The third-order valence-corrected chi connectivity index (χ3v) is 8.45. The summed E-state index contributed by atoms with van der Waals surface area (Å²) < 4.78 is 56.6. The third kappa shape index (κ3) is 7.29. The first-order chi connectivity index (χ1) is 23.4. The van der Waals surface area contributed by atoms with Gasteiger partial charge in [0.15, 0.2) is 11.5 Å². The molecule has 0 bridgehead atoms. The second kappa shape index (κ2) is 13.7. The highest BCUT2D eigenvalue weighted by Crippen LogP contribution is 2.43. The Balaban J connectivity index is 1.30. The number of hydrogen-bond acceptors (Lipinski definition) is 9. The molecule has 49 heavy (non-hydrogen) atoms. The van der Waals surface area contributed by atoms with E-state index in [1.165, 1.54) is 13.2 Å². The van der Waals surface area contributed by atoms with Crippen molar-refractivity contribution < 1.29 is 32.2 Å². The molecule has 2 aliphatic heterocycles. The van der Waals surface area contributed by atoms with E-state index in [1.807, 2.05) is 30.2 Å². The number of anilines is 1. The van der Waals surface area contributed by atoms with Crippen molar-refractivity contribution in [2.75, 3.05) is 44.3 Å². The second-order valence-corrected chi connectivity index (χ2v) is 12.1. The van der Waals surface area contributed by atoms with Crippen molar-refractivity contribution in [1.82, 2.24) is 34.2 Å². The highest BCUT2D eigenvalue weighted by Gasteiger charge is 2.39. The van der Waals surface area contributed by atoms with Crippen LogP contribution in [-0.2, 0) is 24.5 Å². The number of ketones is 1. The Labute approximate surface area is 281 Å². The molecule has 0 radical (unpaired) electrons. The molecule has 4 aromatic rings. The number of benzene rings is 1. The average Bonchev–Trinajstić information content (AvgIpc) is 3.66. The molecule has 1 amide bonds. The maximum atomic E-state index is 14.1. The zero-order valence-electron chi connectivity index (χ0n) is 27.8. The first kappa shape index (κ1) is 33.7. The molecular formula is C34H37F3N8O4. The van der Waals surface area contributed by atoms with Gasteiger partial charge in [-0.25, -0.2) is 19.7 Å². The average molecular weight is 679 g/mol. The molecule has 12 nitrogen and oxygen atoms in total. The number of unbranched alkanes of at least 4 members (excludes halogenated alkanes) is 1. The summed E-state index contributed by atoms with van der Waals surface area (Å²) in [6.45, 7) is 8.11. The number of amides is 1. The van der Waals surface area contributed by atoms with Crippen LogP contribution in [0.3, 0.4) is 0 Å². The summed E-state index contributed by atoms with van der Waals surface area (Å²) in [6, 6.07) is 5.01. The fourth-order valence-corrected chi connectivity index (χ4v) is 5.92. The Morgan fingerprint density at radius 2 is 1.82 bits per heavy atom. The number of halogens is 3. The Hall–Kier alpha value is -5.21. The number of nitrogens with zero attached hydrogens (tertiary/aromatic N) is 8. The summed E-state index contributed by atoms with van der Waals surface area (Å²) in [5.74, 6) is 0.865. The number of fused-ring (bicyclic) bond motifs is 1. The van der Waals surface area contributed by atoms with Gasteiger partial charge in [-0.15, -0.1) is 0 Å². The van der Waals surface area contributed by atoms with Crippen LogP contribution in [0.15, 0.2) is 42.4 Å². The molecule has 1 fully saturated rings.